The largest absolute Gasteiger partial charge is 0.352 e. The Kier molecular flexibility index (Phi) is 10.2. The van der Waals surface area contributed by atoms with Crippen molar-refractivity contribution >= 4 is 35.2 Å². The van der Waals surface area contributed by atoms with Crippen molar-refractivity contribution in [2.45, 2.75) is 57.1 Å². The molecule has 184 valence electrons. The van der Waals surface area contributed by atoms with Gasteiger partial charge in [-0.1, -0.05) is 78.7 Å². The lowest BCUT2D eigenvalue weighted by molar-refractivity contribution is -0.139. The van der Waals surface area contributed by atoms with E-state index in [9.17, 15) is 9.59 Å². The second-order valence-electron chi connectivity index (χ2n) is 8.77. The second kappa shape index (κ2) is 13.4. The number of hydrogen-bond donors (Lipinski definition) is 1. The average Bonchev–Trinajstić information content (AvgIpc) is 2.87. The molecule has 0 fully saturated rings. The van der Waals surface area contributed by atoms with E-state index < -0.39 is 6.04 Å². The van der Waals surface area contributed by atoms with Crippen LogP contribution in [0, 0.1) is 6.92 Å². The number of benzene rings is 3. The van der Waals surface area contributed by atoms with Crippen LogP contribution < -0.4 is 5.32 Å². The molecule has 3 aromatic rings. The molecule has 0 aliphatic heterocycles. The lowest BCUT2D eigenvalue weighted by Gasteiger charge is -2.32. The van der Waals surface area contributed by atoms with Gasteiger partial charge < -0.3 is 10.2 Å². The first-order valence-electron chi connectivity index (χ1n) is 11.9. The molecule has 0 bridgehead atoms. The molecule has 0 aliphatic carbocycles. The fourth-order valence-electron chi connectivity index (χ4n) is 3.64. The third-order valence-corrected chi connectivity index (χ3v) is 7.17. The van der Waals surface area contributed by atoms with Crippen molar-refractivity contribution in [3.8, 4) is 0 Å². The Morgan fingerprint density at radius 2 is 1.60 bits per heavy atom. The molecule has 2 unspecified atom stereocenters. The van der Waals surface area contributed by atoms with Crippen LogP contribution in [-0.2, 0) is 22.6 Å². The normalized spacial score (nSPS) is 12.6. The van der Waals surface area contributed by atoms with Crippen LogP contribution in [0.5, 0.6) is 0 Å². The van der Waals surface area contributed by atoms with Crippen molar-refractivity contribution < 1.29 is 9.59 Å². The number of aryl methyl sites for hydroxylation is 1. The Morgan fingerprint density at radius 1 is 0.943 bits per heavy atom. The first-order chi connectivity index (χ1) is 16.9. The first kappa shape index (κ1) is 26.8. The predicted molar refractivity (Wildman–Crippen MR) is 146 cm³/mol. The molecule has 0 radical (unpaired) electrons. The molecule has 0 saturated heterocycles. The van der Waals surface area contributed by atoms with Crippen molar-refractivity contribution in [1.29, 1.82) is 0 Å². The Morgan fingerprint density at radius 3 is 2.23 bits per heavy atom. The summed E-state index contributed by atoms with van der Waals surface area (Å²) < 4.78 is 0. The van der Waals surface area contributed by atoms with Gasteiger partial charge in [-0.05, 0) is 55.7 Å². The van der Waals surface area contributed by atoms with Crippen molar-refractivity contribution in [1.82, 2.24) is 10.2 Å². The molecule has 0 spiro atoms. The summed E-state index contributed by atoms with van der Waals surface area (Å²) in [6.45, 7) is 6.42. The summed E-state index contributed by atoms with van der Waals surface area (Å²) in [7, 11) is 0. The van der Waals surface area contributed by atoms with E-state index in [0.29, 0.717) is 18.0 Å². The van der Waals surface area contributed by atoms with Gasteiger partial charge >= 0.3 is 0 Å². The maximum absolute atomic E-state index is 13.6. The summed E-state index contributed by atoms with van der Waals surface area (Å²) in [6, 6.07) is 24.8. The third-order valence-electron chi connectivity index (χ3n) is 5.92. The summed E-state index contributed by atoms with van der Waals surface area (Å²) >= 11 is 7.45. The number of carbonyl (C=O) groups excluding carboxylic acids is 2. The SMILES string of the molecule is CCC(C)NC(=O)C(Cc1ccccc1)N(Cc1ccc(C)cc1)C(=O)CSc1ccc(Cl)cc1. The zero-order chi connectivity index (χ0) is 25.2. The average molecular weight is 509 g/mol. The molecule has 0 heterocycles. The van der Waals surface area contributed by atoms with E-state index in [1.165, 1.54) is 11.8 Å². The molecule has 3 rings (SSSR count). The van der Waals surface area contributed by atoms with Crippen molar-refractivity contribution in [2.75, 3.05) is 5.75 Å². The van der Waals surface area contributed by atoms with E-state index in [2.05, 4.69) is 5.32 Å². The van der Waals surface area contributed by atoms with Gasteiger partial charge in [0.1, 0.15) is 6.04 Å². The third kappa shape index (κ3) is 8.44. The smallest absolute Gasteiger partial charge is 0.243 e. The Bertz CT molecular complexity index is 1090. The maximum atomic E-state index is 13.6. The molecule has 0 saturated carbocycles. The van der Waals surface area contributed by atoms with E-state index in [1.54, 1.807) is 4.90 Å². The number of amides is 2. The highest BCUT2D eigenvalue weighted by atomic mass is 35.5. The highest BCUT2D eigenvalue weighted by molar-refractivity contribution is 8.00. The number of halogens is 1. The van der Waals surface area contributed by atoms with Crippen molar-refractivity contribution in [3.63, 3.8) is 0 Å². The molecular formula is C29H33ClN2O2S. The van der Waals surface area contributed by atoms with Gasteiger partial charge in [0, 0.05) is 28.9 Å². The maximum Gasteiger partial charge on any atom is 0.243 e. The van der Waals surface area contributed by atoms with Gasteiger partial charge in [-0.25, -0.2) is 0 Å². The molecular weight excluding hydrogens is 476 g/mol. The summed E-state index contributed by atoms with van der Waals surface area (Å²) in [6.07, 6.45) is 1.27. The molecule has 0 aromatic heterocycles. The minimum absolute atomic E-state index is 0.0283. The first-order valence-corrected chi connectivity index (χ1v) is 13.3. The topological polar surface area (TPSA) is 49.4 Å². The summed E-state index contributed by atoms with van der Waals surface area (Å²) in [5, 5.41) is 3.76. The van der Waals surface area contributed by atoms with Crippen LogP contribution in [0.25, 0.3) is 0 Å². The highest BCUT2D eigenvalue weighted by Crippen LogP contribution is 2.23. The Hall–Kier alpha value is -2.76. The zero-order valence-corrected chi connectivity index (χ0v) is 22.1. The lowest BCUT2D eigenvalue weighted by Crippen LogP contribution is -2.52. The highest BCUT2D eigenvalue weighted by Gasteiger charge is 2.31. The second-order valence-corrected chi connectivity index (χ2v) is 10.3. The van der Waals surface area contributed by atoms with Crippen LogP contribution in [0.3, 0.4) is 0 Å². The summed E-state index contributed by atoms with van der Waals surface area (Å²) in [5.74, 6) is 0.0287. The van der Waals surface area contributed by atoms with Crippen LogP contribution in [0.2, 0.25) is 5.02 Å². The number of thioether (sulfide) groups is 1. The zero-order valence-electron chi connectivity index (χ0n) is 20.5. The minimum atomic E-state index is -0.619. The Labute approximate surface area is 218 Å². The molecule has 0 aliphatic rings. The molecule has 2 amide bonds. The van der Waals surface area contributed by atoms with Crippen LogP contribution in [-0.4, -0.2) is 34.6 Å². The Balaban J connectivity index is 1.89. The molecule has 1 N–H and O–H groups in total. The number of nitrogens with zero attached hydrogens (tertiary/aromatic N) is 1. The van der Waals surface area contributed by atoms with Gasteiger partial charge in [0.05, 0.1) is 5.75 Å². The van der Waals surface area contributed by atoms with Crippen LogP contribution in [0.4, 0.5) is 0 Å². The number of carbonyl (C=O) groups is 2. The molecule has 2 atom stereocenters. The van der Waals surface area contributed by atoms with E-state index in [4.69, 9.17) is 11.6 Å². The number of rotatable bonds is 11. The molecule has 4 nitrogen and oxygen atoms in total. The lowest BCUT2D eigenvalue weighted by atomic mass is 10.0. The molecule has 6 heteroatoms. The fraction of sp³-hybridized carbons (Fsp3) is 0.310. The van der Waals surface area contributed by atoms with Gasteiger partial charge in [-0.2, -0.15) is 0 Å². The minimum Gasteiger partial charge on any atom is -0.352 e. The van der Waals surface area contributed by atoms with Crippen molar-refractivity contribution in [2.24, 2.45) is 0 Å². The van der Waals surface area contributed by atoms with Crippen molar-refractivity contribution in [3.05, 3.63) is 101 Å². The number of nitrogens with one attached hydrogen (secondary N) is 1. The monoisotopic (exact) mass is 508 g/mol. The van der Waals surface area contributed by atoms with Crippen LogP contribution in [0.15, 0.2) is 83.8 Å². The van der Waals surface area contributed by atoms with E-state index in [0.717, 1.165) is 28.0 Å². The van der Waals surface area contributed by atoms with Gasteiger partial charge in [0.25, 0.3) is 0 Å². The van der Waals surface area contributed by atoms with Crippen LogP contribution >= 0.6 is 23.4 Å². The predicted octanol–water partition coefficient (Wildman–Crippen LogP) is 6.30. The number of hydrogen-bond acceptors (Lipinski definition) is 3. The van der Waals surface area contributed by atoms with Gasteiger partial charge in [-0.15, -0.1) is 11.8 Å². The molecule has 3 aromatic carbocycles. The van der Waals surface area contributed by atoms with E-state index in [-0.39, 0.29) is 23.6 Å². The van der Waals surface area contributed by atoms with E-state index in [1.807, 2.05) is 99.6 Å². The van der Waals surface area contributed by atoms with Gasteiger partial charge in [-0.3, -0.25) is 9.59 Å². The quantitative estimate of drug-likeness (QED) is 0.309. The standard InChI is InChI=1S/C29H33ClN2O2S/c1-4-22(3)31-29(34)27(18-23-8-6-5-7-9-23)32(19-24-12-10-21(2)11-13-24)28(33)20-35-26-16-14-25(30)15-17-26/h5-17,22,27H,4,18-20H2,1-3H3,(H,31,34). The molecule has 35 heavy (non-hydrogen) atoms. The van der Waals surface area contributed by atoms with E-state index >= 15 is 0 Å². The van der Waals surface area contributed by atoms with Gasteiger partial charge in [0.2, 0.25) is 11.8 Å². The summed E-state index contributed by atoms with van der Waals surface area (Å²) in [4.78, 5) is 29.8. The summed E-state index contributed by atoms with van der Waals surface area (Å²) in [5.41, 5.74) is 3.17. The fourth-order valence-corrected chi connectivity index (χ4v) is 4.55. The van der Waals surface area contributed by atoms with Gasteiger partial charge in [0.15, 0.2) is 0 Å². The van der Waals surface area contributed by atoms with Crippen LogP contribution in [0.1, 0.15) is 37.0 Å².